The molecule has 0 radical (unpaired) electrons. The van der Waals surface area contributed by atoms with E-state index in [2.05, 4.69) is 47.2 Å². The maximum atomic E-state index is 12.8. The number of hydrogen-bond acceptors (Lipinski definition) is 4. The van der Waals surface area contributed by atoms with Crippen molar-refractivity contribution >= 4 is 16.8 Å². The van der Waals surface area contributed by atoms with Gasteiger partial charge in [-0.25, -0.2) is 0 Å². The van der Waals surface area contributed by atoms with E-state index in [1.165, 1.54) is 11.1 Å². The first kappa shape index (κ1) is 22.8. The van der Waals surface area contributed by atoms with Crippen molar-refractivity contribution in [1.29, 1.82) is 0 Å². The van der Waals surface area contributed by atoms with Crippen LogP contribution in [0.15, 0.2) is 42.5 Å². The van der Waals surface area contributed by atoms with Gasteiger partial charge in [0.1, 0.15) is 22.8 Å². The van der Waals surface area contributed by atoms with E-state index in [0.717, 1.165) is 61.3 Å². The third kappa shape index (κ3) is 4.78. The van der Waals surface area contributed by atoms with E-state index in [1.54, 1.807) is 0 Å². The van der Waals surface area contributed by atoms with Gasteiger partial charge in [0.2, 0.25) is 0 Å². The molecule has 0 saturated carbocycles. The highest BCUT2D eigenvalue weighted by Gasteiger charge is 2.32. The van der Waals surface area contributed by atoms with Gasteiger partial charge < -0.3 is 19.8 Å². The molecule has 6 heteroatoms. The van der Waals surface area contributed by atoms with Crippen molar-refractivity contribution < 1.29 is 14.3 Å². The number of fused-ring (bicyclic) bond motifs is 2. The Morgan fingerprint density at radius 1 is 1.21 bits per heavy atom. The Morgan fingerprint density at radius 2 is 2.00 bits per heavy atom. The standard InChI is InChI=1S/C28H35N3O3/c1-4-33-25-10-6-9-23-22(25)15-24(30-23)27(32)29-17-19-11-13-31(14-12-19)18-21-8-5-7-20-16-28(2,3)34-26(20)21/h5-10,15,19,30H,4,11-14,16-18H2,1-3H3,(H,29,32). The summed E-state index contributed by atoms with van der Waals surface area (Å²) < 4.78 is 11.9. The number of carbonyl (C=O) groups is 1. The van der Waals surface area contributed by atoms with Crippen LogP contribution >= 0.6 is 0 Å². The zero-order valence-electron chi connectivity index (χ0n) is 20.4. The molecule has 0 atom stereocenters. The molecule has 0 bridgehead atoms. The molecule has 3 heterocycles. The van der Waals surface area contributed by atoms with Crippen LogP contribution in [0.4, 0.5) is 0 Å². The molecule has 0 aliphatic carbocycles. The van der Waals surface area contributed by atoms with Crippen LogP contribution in [0, 0.1) is 5.92 Å². The van der Waals surface area contributed by atoms with E-state index in [0.29, 0.717) is 24.8 Å². The summed E-state index contributed by atoms with van der Waals surface area (Å²) >= 11 is 0. The predicted octanol–water partition coefficient (Wildman–Crippen LogP) is 4.92. The average molecular weight is 462 g/mol. The van der Waals surface area contributed by atoms with Crippen LogP contribution in [-0.4, -0.2) is 47.6 Å². The number of rotatable bonds is 7. The zero-order chi connectivity index (χ0) is 23.7. The van der Waals surface area contributed by atoms with E-state index in [1.807, 2.05) is 31.2 Å². The molecular weight excluding hydrogens is 426 g/mol. The molecule has 1 aromatic heterocycles. The number of benzene rings is 2. The molecule has 1 fully saturated rings. The highest BCUT2D eigenvalue weighted by Crippen LogP contribution is 2.38. The van der Waals surface area contributed by atoms with Gasteiger partial charge in [-0.1, -0.05) is 24.3 Å². The Morgan fingerprint density at radius 3 is 2.79 bits per heavy atom. The Hall–Kier alpha value is -2.99. The molecule has 34 heavy (non-hydrogen) atoms. The number of H-pyrrole nitrogens is 1. The van der Waals surface area contributed by atoms with E-state index < -0.39 is 0 Å². The second-order valence-corrected chi connectivity index (χ2v) is 10.2. The van der Waals surface area contributed by atoms with Crippen molar-refractivity contribution in [2.45, 2.75) is 52.2 Å². The molecule has 2 aromatic carbocycles. The van der Waals surface area contributed by atoms with Crippen molar-refractivity contribution in [1.82, 2.24) is 15.2 Å². The number of para-hydroxylation sites is 1. The van der Waals surface area contributed by atoms with E-state index in [4.69, 9.17) is 9.47 Å². The third-order valence-corrected chi connectivity index (χ3v) is 6.99. The molecular formula is C28H35N3O3. The second kappa shape index (κ2) is 9.34. The fraction of sp³-hybridized carbons (Fsp3) is 0.464. The number of likely N-dealkylation sites (tertiary alicyclic amines) is 1. The van der Waals surface area contributed by atoms with Gasteiger partial charge in [0.25, 0.3) is 5.91 Å². The lowest BCUT2D eigenvalue weighted by Gasteiger charge is -2.32. The topological polar surface area (TPSA) is 66.6 Å². The number of nitrogens with zero attached hydrogens (tertiary/aromatic N) is 1. The Labute approximate surface area is 201 Å². The number of amides is 1. The van der Waals surface area contributed by atoms with Crippen LogP contribution in [0.5, 0.6) is 11.5 Å². The zero-order valence-corrected chi connectivity index (χ0v) is 20.4. The fourth-order valence-electron chi connectivity index (χ4n) is 5.26. The molecule has 2 N–H and O–H groups in total. The lowest BCUT2D eigenvalue weighted by atomic mass is 9.96. The first-order chi connectivity index (χ1) is 16.4. The normalized spacial score (nSPS) is 18.0. The highest BCUT2D eigenvalue weighted by atomic mass is 16.5. The SMILES string of the molecule is CCOc1cccc2[nH]c(C(=O)NCC3CCN(Cc4cccc5c4OC(C)(C)C5)CC3)cc12. The van der Waals surface area contributed by atoms with Gasteiger partial charge in [-0.2, -0.15) is 0 Å². The van der Waals surface area contributed by atoms with Gasteiger partial charge in [0.05, 0.1) is 6.61 Å². The summed E-state index contributed by atoms with van der Waals surface area (Å²) in [4.78, 5) is 18.5. The van der Waals surface area contributed by atoms with Gasteiger partial charge in [-0.3, -0.25) is 9.69 Å². The van der Waals surface area contributed by atoms with Gasteiger partial charge >= 0.3 is 0 Å². The molecule has 180 valence electrons. The maximum absolute atomic E-state index is 12.8. The largest absolute Gasteiger partial charge is 0.493 e. The average Bonchev–Trinajstić information content (AvgIpc) is 3.39. The molecule has 0 unspecified atom stereocenters. The van der Waals surface area contributed by atoms with Crippen molar-refractivity contribution in [2.75, 3.05) is 26.2 Å². The van der Waals surface area contributed by atoms with Crippen molar-refractivity contribution in [3.8, 4) is 11.5 Å². The summed E-state index contributed by atoms with van der Waals surface area (Å²) in [6.07, 6.45) is 3.15. The van der Waals surface area contributed by atoms with Gasteiger partial charge in [0, 0.05) is 36.0 Å². The Balaban J connectivity index is 1.13. The lowest BCUT2D eigenvalue weighted by Crippen LogP contribution is -2.38. The number of nitrogens with one attached hydrogen (secondary N) is 2. The molecule has 5 rings (SSSR count). The van der Waals surface area contributed by atoms with Crippen molar-refractivity contribution in [3.63, 3.8) is 0 Å². The summed E-state index contributed by atoms with van der Waals surface area (Å²) in [6.45, 7) is 10.6. The summed E-state index contributed by atoms with van der Waals surface area (Å²) in [5.74, 6) is 2.34. The van der Waals surface area contributed by atoms with Crippen LogP contribution in [0.25, 0.3) is 10.9 Å². The van der Waals surface area contributed by atoms with E-state index >= 15 is 0 Å². The van der Waals surface area contributed by atoms with Crippen LogP contribution < -0.4 is 14.8 Å². The van der Waals surface area contributed by atoms with E-state index in [-0.39, 0.29) is 11.5 Å². The van der Waals surface area contributed by atoms with Gasteiger partial charge in [0.15, 0.2) is 0 Å². The second-order valence-electron chi connectivity index (χ2n) is 10.2. The van der Waals surface area contributed by atoms with Crippen LogP contribution in [0.1, 0.15) is 55.2 Å². The molecule has 2 aliphatic rings. The Bertz CT molecular complexity index is 1170. The quantitative estimate of drug-likeness (QED) is 0.524. The molecule has 1 amide bonds. The summed E-state index contributed by atoms with van der Waals surface area (Å²) in [5, 5.41) is 4.09. The number of aromatic nitrogens is 1. The molecule has 2 aliphatic heterocycles. The van der Waals surface area contributed by atoms with Crippen molar-refractivity contribution in [3.05, 3.63) is 59.3 Å². The molecule has 3 aromatic rings. The minimum Gasteiger partial charge on any atom is -0.493 e. The Kier molecular flexibility index (Phi) is 6.26. The fourth-order valence-corrected chi connectivity index (χ4v) is 5.26. The van der Waals surface area contributed by atoms with Crippen LogP contribution in [0.2, 0.25) is 0 Å². The lowest BCUT2D eigenvalue weighted by molar-refractivity contribution is 0.0930. The molecule has 0 spiro atoms. The minimum absolute atomic E-state index is 0.0549. The molecule has 1 saturated heterocycles. The predicted molar refractivity (Wildman–Crippen MR) is 135 cm³/mol. The first-order valence-electron chi connectivity index (χ1n) is 12.5. The minimum atomic E-state index is -0.112. The molecule has 6 nitrogen and oxygen atoms in total. The van der Waals surface area contributed by atoms with Gasteiger partial charge in [-0.05, 0) is 76.4 Å². The van der Waals surface area contributed by atoms with Crippen LogP contribution in [0.3, 0.4) is 0 Å². The summed E-state index contributed by atoms with van der Waals surface area (Å²) in [6, 6.07) is 14.3. The smallest absolute Gasteiger partial charge is 0.267 e. The highest BCUT2D eigenvalue weighted by molar-refractivity contribution is 5.99. The summed E-state index contributed by atoms with van der Waals surface area (Å²) in [7, 11) is 0. The monoisotopic (exact) mass is 461 g/mol. The van der Waals surface area contributed by atoms with E-state index in [9.17, 15) is 4.79 Å². The number of aromatic amines is 1. The number of piperidine rings is 1. The maximum Gasteiger partial charge on any atom is 0.267 e. The number of hydrogen-bond donors (Lipinski definition) is 2. The number of carbonyl (C=O) groups excluding carboxylic acids is 1. The number of ether oxygens (including phenoxy) is 2. The van der Waals surface area contributed by atoms with Crippen molar-refractivity contribution in [2.24, 2.45) is 5.92 Å². The van der Waals surface area contributed by atoms with Crippen LogP contribution in [-0.2, 0) is 13.0 Å². The third-order valence-electron chi connectivity index (χ3n) is 6.99. The first-order valence-corrected chi connectivity index (χ1v) is 12.5. The van der Waals surface area contributed by atoms with Gasteiger partial charge in [-0.15, -0.1) is 0 Å². The summed E-state index contributed by atoms with van der Waals surface area (Å²) in [5.41, 5.74) is 4.01.